The lowest BCUT2D eigenvalue weighted by Crippen LogP contribution is -2.39. The van der Waals surface area contributed by atoms with Crippen LogP contribution < -0.4 is 0 Å². The zero-order valence-corrected chi connectivity index (χ0v) is 10.2. The van der Waals surface area contributed by atoms with Gasteiger partial charge in [-0.15, -0.1) is 0 Å². The largest absolute Gasteiger partial charge is 0.668 e. The Morgan fingerprint density at radius 1 is 1.33 bits per heavy atom. The molecule has 0 aromatic heterocycles. The smallest absolute Gasteiger partial charge is 0.411 e. The molecule has 6 heteroatoms. The summed E-state index contributed by atoms with van der Waals surface area (Å²) in [6, 6.07) is 0. The molecule has 0 aromatic rings. The second-order valence-electron chi connectivity index (χ2n) is 4.82. The molecule has 1 heterocycles. The minimum Gasteiger partial charge on any atom is -0.668 e. The average molecular weight is 261 g/mol. The van der Waals surface area contributed by atoms with Gasteiger partial charge < -0.3 is 15.4 Å². The first kappa shape index (κ1) is 13.4. The normalized spacial score (nSPS) is 29.9. The molecule has 0 aromatic carbocycles. The summed E-state index contributed by atoms with van der Waals surface area (Å²) in [5.41, 5.74) is 5.98. The fraction of sp³-hybridized carbons (Fsp3) is 0.667. The average Bonchev–Trinajstić information content (AvgIpc) is 2.28. The number of allylic oxidation sites excluding steroid dienone is 1. The Balaban J connectivity index is 2.24. The van der Waals surface area contributed by atoms with Crippen LogP contribution in [0.1, 0.15) is 13.3 Å². The minimum absolute atomic E-state index is 0.0883. The van der Waals surface area contributed by atoms with Crippen molar-refractivity contribution in [3.8, 4) is 0 Å². The zero-order chi connectivity index (χ0) is 13.4. The van der Waals surface area contributed by atoms with Crippen LogP contribution in [0.25, 0.3) is 5.73 Å². The molecule has 1 atom stereocenters. The molecule has 18 heavy (non-hydrogen) atoms. The van der Waals surface area contributed by atoms with Gasteiger partial charge in [-0.1, -0.05) is 18.5 Å². The van der Waals surface area contributed by atoms with Crippen LogP contribution in [0, 0.1) is 0 Å². The fourth-order valence-corrected chi connectivity index (χ4v) is 2.22. The monoisotopic (exact) mass is 261 g/mol. The highest BCUT2D eigenvalue weighted by Crippen LogP contribution is 2.41. The standard InChI is InChI=1S/C12H16F3N2O/c1-11(16)3-2-9(8-10(11)12(13,14)15)17-4-6-18-7-5-17/h2,8,16H,3-7H2,1H3/q-1. The lowest BCUT2D eigenvalue weighted by molar-refractivity contribution is -0.0986. The van der Waals surface area contributed by atoms with E-state index in [-0.39, 0.29) is 6.42 Å². The molecule has 1 fully saturated rings. The number of nitrogens with zero attached hydrogens (tertiary/aromatic N) is 1. The molecule has 1 N–H and O–H groups in total. The summed E-state index contributed by atoms with van der Waals surface area (Å²) < 4.78 is 43.9. The quantitative estimate of drug-likeness (QED) is 0.727. The van der Waals surface area contributed by atoms with Crippen molar-refractivity contribution in [1.82, 2.24) is 4.90 Å². The molecule has 0 saturated carbocycles. The van der Waals surface area contributed by atoms with Crippen LogP contribution >= 0.6 is 0 Å². The predicted octanol–water partition coefficient (Wildman–Crippen LogP) is 2.91. The lowest BCUT2D eigenvalue weighted by atomic mass is 9.84. The Morgan fingerprint density at radius 2 is 1.94 bits per heavy atom. The molecule has 0 radical (unpaired) electrons. The number of hydrogen-bond acceptors (Lipinski definition) is 2. The van der Waals surface area contributed by atoms with Gasteiger partial charge >= 0.3 is 6.18 Å². The topological polar surface area (TPSA) is 36.3 Å². The summed E-state index contributed by atoms with van der Waals surface area (Å²) in [6.07, 6.45) is -1.53. The van der Waals surface area contributed by atoms with Crippen molar-refractivity contribution in [3.05, 3.63) is 29.2 Å². The molecule has 3 nitrogen and oxygen atoms in total. The van der Waals surface area contributed by atoms with Crippen molar-refractivity contribution in [2.75, 3.05) is 26.3 Å². The molecule has 0 spiro atoms. The van der Waals surface area contributed by atoms with Crippen molar-refractivity contribution in [2.24, 2.45) is 0 Å². The maximum absolute atomic E-state index is 12.9. The third kappa shape index (κ3) is 2.70. The second-order valence-corrected chi connectivity index (χ2v) is 4.82. The molecule has 1 aliphatic heterocycles. The second kappa shape index (κ2) is 4.59. The number of hydrogen-bond donors (Lipinski definition) is 0. The third-order valence-electron chi connectivity index (χ3n) is 3.29. The van der Waals surface area contributed by atoms with Gasteiger partial charge in [-0.3, -0.25) is 0 Å². The summed E-state index contributed by atoms with van der Waals surface area (Å²) in [7, 11) is 0. The van der Waals surface area contributed by atoms with E-state index in [0.29, 0.717) is 32.0 Å². The van der Waals surface area contributed by atoms with Crippen molar-refractivity contribution < 1.29 is 17.9 Å². The van der Waals surface area contributed by atoms with Crippen LogP contribution in [0.4, 0.5) is 13.2 Å². The predicted molar refractivity (Wildman–Crippen MR) is 62.0 cm³/mol. The van der Waals surface area contributed by atoms with E-state index >= 15 is 0 Å². The Kier molecular flexibility index (Phi) is 3.42. The molecule has 1 saturated heterocycles. The summed E-state index contributed by atoms with van der Waals surface area (Å²) in [6.45, 7) is 3.57. The molecule has 0 bridgehead atoms. The summed E-state index contributed by atoms with van der Waals surface area (Å²) >= 11 is 0. The highest BCUT2D eigenvalue weighted by Gasteiger charge is 2.40. The van der Waals surface area contributed by atoms with Crippen LogP contribution in [0.2, 0.25) is 0 Å². The van der Waals surface area contributed by atoms with E-state index in [9.17, 15) is 13.2 Å². The van der Waals surface area contributed by atoms with Gasteiger partial charge in [-0.05, 0) is 12.5 Å². The zero-order valence-electron chi connectivity index (χ0n) is 10.2. The van der Waals surface area contributed by atoms with Crippen molar-refractivity contribution in [1.29, 1.82) is 0 Å². The van der Waals surface area contributed by atoms with Gasteiger partial charge in [-0.25, -0.2) is 0 Å². The summed E-state index contributed by atoms with van der Waals surface area (Å²) in [4.78, 5) is 1.88. The first-order valence-electron chi connectivity index (χ1n) is 5.88. The summed E-state index contributed by atoms with van der Waals surface area (Å²) in [5, 5.41) is 0. The van der Waals surface area contributed by atoms with Crippen molar-refractivity contribution >= 4 is 0 Å². The molecular weight excluding hydrogens is 245 g/mol. The van der Waals surface area contributed by atoms with Gasteiger partial charge in [0.2, 0.25) is 0 Å². The minimum atomic E-state index is -4.44. The fourth-order valence-electron chi connectivity index (χ4n) is 2.22. The van der Waals surface area contributed by atoms with Gasteiger partial charge in [0.05, 0.1) is 13.2 Å². The number of morpholine rings is 1. The van der Waals surface area contributed by atoms with E-state index in [1.807, 2.05) is 4.90 Å². The number of alkyl halides is 3. The number of rotatable bonds is 1. The molecular formula is C12H16F3N2O-. The molecule has 102 valence electrons. The first-order chi connectivity index (χ1) is 8.31. The number of halogens is 3. The molecule has 1 aliphatic carbocycles. The summed E-state index contributed by atoms with van der Waals surface area (Å²) in [5.74, 6) is 0. The highest BCUT2D eigenvalue weighted by atomic mass is 19.4. The van der Waals surface area contributed by atoms with Crippen molar-refractivity contribution in [3.63, 3.8) is 0 Å². The maximum Gasteiger partial charge on any atom is 0.411 e. The van der Waals surface area contributed by atoms with E-state index in [4.69, 9.17) is 10.5 Å². The van der Waals surface area contributed by atoms with E-state index in [0.717, 1.165) is 6.08 Å². The Hall–Kier alpha value is -1.01. The third-order valence-corrected chi connectivity index (χ3v) is 3.29. The van der Waals surface area contributed by atoms with Crippen LogP contribution in [-0.4, -0.2) is 42.9 Å². The SMILES string of the molecule is CC1([NH-])CC=C(N2CCOCC2)C=C1C(F)(F)F. The van der Waals surface area contributed by atoms with Gasteiger partial charge in [0, 0.05) is 24.4 Å². The number of nitrogens with one attached hydrogen (secondary N) is 1. The Morgan fingerprint density at radius 3 is 2.50 bits per heavy atom. The molecule has 2 aliphatic rings. The van der Waals surface area contributed by atoms with E-state index in [1.54, 1.807) is 6.08 Å². The number of ether oxygens (including phenoxy) is 1. The van der Waals surface area contributed by atoms with E-state index in [2.05, 4.69) is 0 Å². The first-order valence-corrected chi connectivity index (χ1v) is 5.88. The van der Waals surface area contributed by atoms with E-state index < -0.39 is 17.3 Å². The van der Waals surface area contributed by atoms with Gasteiger partial charge in [0.1, 0.15) is 0 Å². The van der Waals surface area contributed by atoms with Crippen LogP contribution in [0.15, 0.2) is 23.4 Å². The molecule has 1 unspecified atom stereocenters. The molecule has 2 rings (SSSR count). The Labute approximate surface area is 104 Å². The van der Waals surface area contributed by atoms with Gasteiger partial charge in [0.15, 0.2) is 0 Å². The maximum atomic E-state index is 12.9. The Bertz CT molecular complexity index is 379. The molecule has 0 amide bonds. The highest BCUT2D eigenvalue weighted by molar-refractivity contribution is 5.40. The van der Waals surface area contributed by atoms with Gasteiger partial charge in [0.25, 0.3) is 0 Å². The van der Waals surface area contributed by atoms with E-state index in [1.165, 1.54) is 6.92 Å². The lowest BCUT2D eigenvalue weighted by Gasteiger charge is -2.42. The van der Waals surface area contributed by atoms with Crippen LogP contribution in [0.5, 0.6) is 0 Å². The van der Waals surface area contributed by atoms with Crippen molar-refractivity contribution in [2.45, 2.75) is 25.1 Å². The van der Waals surface area contributed by atoms with Crippen LogP contribution in [-0.2, 0) is 4.74 Å². The van der Waals surface area contributed by atoms with Gasteiger partial charge in [-0.2, -0.15) is 13.2 Å². The van der Waals surface area contributed by atoms with Crippen LogP contribution in [0.3, 0.4) is 0 Å².